The molecule has 1 fully saturated rings. The number of hydrogen-bond donors (Lipinski definition) is 1. The molecule has 0 atom stereocenters. The van der Waals surface area contributed by atoms with Gasteiger partial charge in [0.1, 0.15) is 12.4 Å². The Bertz CT molecular complexity index is 698. The van der Waals surface area contributed by atoms with E-state index in [-0.39, 0.29) is 18.9 Å². The van der Waals surface area contributed by atoms with Gasteiger partial charge in [-0.2, -0.15) is 13.2 Å². The summed E-state index contributed by atoms with van der Waals surface area (Å²) in [5.41, 5.74) is 0.469. The highest BCUT2D eigenvalue weighted by atomic mass is 32.2. The second-order valence-corrected chi connectivity index (χ2v) is 7.29. The molecule has 0 radical (unpaired) electrons. The zero-order valence-corrected chi connectivity index (χ0v) is 13.8. The number of alkyl halides is 3. The average molecular weight is 365 g/mol. The molecular weight excluding hydrogens is 347 g/mol. The third-order valence-electron chi connectivity index (χ3n) is 3.53. The van der Waals surface area contributed by atoms with Crippen LogP contribution in [0.15, 0.2) is 34.2 Å². The van der Waals surface area contributed by atoms with Gasteiger partial charge in [0.2, 0.25) is 0 Å². The Morgan fingerprint density at radius 1 is 1.33 bits per heavy atom. The first-order chi connectivity index (χ1) is 11.1. The second-order valence-electron chi connectivity index (χ2n) is 5.35. The molecule has 0 saturated heterocycles. The lowest BCUT2D eigenvalue weighted by atomic mass is 10.3. The van der Waals surface area contributed by atoms with Gasteiger partial charge in [0, 0.05) is 13.1 Å². The highest BCUT2D eigenvalue weighted by Gasteiger charge is 2.46. The van der Waals surface area contributed by atoms with Crippen molar-refractivity contribution in [2.75, 3.05) is 20.2 Å². The summed E-state index contributed by atoms with van der Waals surface area (Å²) in [6, 6.07) is 4.50. The minimum atomic E-state index is -5.34. The van der Waals surface area contributed by atoms with Crippen molar-refractivity contribution in [2.24, 2.45) is 10.7 Å². The smallest absolute Gasteiger partial charge is 0.492 e. The van der Waals surface area contributed by atoms with Crippen molar-refractivity contribution >= 4 is 15.8 Å². The molecule has 0 unspecified atom stereocenters. The van der Waals surface area contributed by atoms with Crippen molar-refractivity contribution in [3.05, 3.63) is 24.3 Å². The Hall–Kier alpha value is -1.97. The maximum atomic E-state index is 12.4. The lowest BCUT2D eigenvalue weighted by Crippen LogP contribution is -2.36. The van der Waals surface area contributed by atoms with E-state index in [1.807, 2.05) is 11.9 Å². The molecule has 1 aliphatic carbocycles. The number of ether oxygens (including phenoxy) is 1. The fourth-order valence-electron chi connectivity index (χ4n) is 1.93. The molecule has 0 spiro atoms. The summed E-state index contributed by atoms with van der Waals surface area (Å²) in [7, 11) is -3.48. The van der Waals surface area contributed by atoms with Gasteiger partial charge in [-0.25, -0.2) is 13.4 Å². The van der Waals surface area contributed by atoms with Crippen molar-refractivity contribution in [1.29, 1.82) is 0 Å². The van der Waals surface area contributed by atoms with E-state index in [4.69, 9.17) is 10.5 Å². The molecule has 1 aromatic carbocycles. The van der Waals surface area contributed by atoms with Gasteiger partial charge in [-0.05, 0) is 37.1 Å². The molecule has 0 aliphatic heterocycles. The molecule has 1 aliphatic rings. The number of guanidine groups is 1. The van der Waals surface area contributed by atoms with Crippen LogP contribution < -0.4 is 10.5 Å². The van der Waals surface area contributed by atoms with Crippen LogP contribution in [0.4, 0.5) is 13.2 Å². The Balaban J connectivity index is 1.87. The monoisotopic (exact) mass is 365 g/mol. The highest BCUT2D eigenvalue weighted by Crippen LogP contribution is 2.31. The normalized spacial score (nSPS) is 16.1. The molecule has 0 bridgehead atoms. The van der Waals surface area contributed by atoms with Crippen LogP contribution in [0, 0.1) is 0 Å². The van der Waals surface area contributed by atoms with Crippen LogP contribution in [-0.4, -0.2) is 51.0 Å². The summed E-state index contributed by atoms with van der Waals surface area (Å²) in [5.74, 6) is 0.660. The Morgan fingerprint density at radius 2 is 1.92 bits per heavy atom. The van der Waals surface area contributed by atoms with E-state index in [0.717, 1.165) is 25.0 Å². The molecule has 0 aromatic heterocycles. The van der Waals surface area contributed by atoms with Crippen LogP contribution in [0.2, 0.25) is 0 Å². The third kappa shape index (κ3) is 4.31. The van der Waals surface area contributed by atoms with Crippen molar-refractivity contribution in [1.82, 2.24) is 4.90 Å². The molecule has 0 amide bonds. The summed E-state index contributed by atoms with van der Waals surface area (Å²) in [4.78, 5) is 5.20. The first-order valence-corrected chi connectivity index (χ1v) is 8.68. The highest BCUT2D eigenvalue weighted by molar-refractivity contribution is 7.92. The van der Waals surface area contributed by atoms with Crippen LogP contribution in [-0.2, 0) is 9.84 Å². The first kappa shape index (κ1) is 18.4. The van der Waals surface area contributed by atoms with E-state index in [1.54, 1.807) is 0 Å². The van der Waals surface area contributed by atoms with E-state index < -0.39 is 20.2 Å². The predicted octanol–water partition coefficient (Wildman–Crippen LogP) is 1.77. The standard InChI is InChI=1S/C14H18F3N3O3S/c1-20(10-2-3-10)13(18)19-8-9-23-11-4-6-12(7-5-11)24(21,22)14(15,16)17/h4-7,10H,2-3,8-9H2,1H3,(H2,18,19). The number of nitrogens with two attached hydrogens (primary N) is 1. The number of benzene rings is 1. The van der Waals surface area contributed by atoms with Crippen molar-refractivity contribution in [3.63, 3.8) is 0 Å². The van der Waals surface area contributed by atoms with E-state index in [1.165, 1.54) is 12.1 Å². The molecule has 2 rings (SSSR count). The molecule has 10 heteroatoms. The summed E-state index contributed by atoms with van der Waals surface area (Å²) in [5, 5.41) is 0. The van der Waals surface area contributed by atoms with Gasteiger partial charge in [0.05, 0.1) is 11.4 Å². The van der Waals surface area contributed by atoms with E-state index in [9.17, 15) is 21.6 Å². The number of sulfone groups is 1. The Kier molecular flexibility index (Phi) is 5.26. The maximum Gasteiger partial charge on any atom is 0.501 e. The van der Waals surface area contributed by atoms with Crippen LogP contribution >= 0.6 is 0 Å². The number of hydrogen-bond acceptors (Lipinski definition) is 4. The summed E-state index contributed by atoms with van der Waals surface area (Å²) < 4.78 is 65.0. The Morgan fingerprint density at radius 3 is 2.42 bits per heavy atom. The lowest BCUT2D eigenvalue weighted by molar-refractivity contribution is -0.0436. The van der Waals surface area contributed by atoms with E-state index in [2.05, 4.69) is 4.99 Å². The van der Waals surface area contributed by atoms with Crippen LogP contribution in [0.25, 0.3) is 0 Å². The van der Waals surface area contributed by atoms with Gasteiger partial charge < -0.3 is 15.4 Å². The molecule has 1 saturated carbocycles. The fraction of sp³-hybridized carbons (Fsp3) is 0.500. The number of nitrogens with zero attached hydrogens (tertiary/aromatic N) is 2. The van der Waals surface area contributed by atoms with Gasteiger partial charge in [-0.1, -0.05) is 0 Å². The molecule has 6 nitrogen and oxygen atoms in total. The van der Waals surface area contributed by atoms with Crippen LogP contribution in [0.3, 0.4) is 0 Å². The Labute approximate surface area is 138 Å². The quantitative estimate of drug-likeness (QED) is 0.472. The minimum absolute atomic E-state index is 0.171. The molecular formula is C14H18F3N3O3S. The zero-order chi connectivity index (χ0) is 18.0. The van der Waals surface area contributed by atoms with Crippen LogP contribution in [0.1, 0.15) is 12.8 Å². The number of aliphatic imine (C=N–C) groups is 1. The van der Waals surface area contributed by atoms with Gasteiger partial charge in [0.25, 0.3) is 9.84 Å². The second kappa shape index (κ2) is 6.88. The largest absolute Gasteiger partial charge is 0.501 e. The maximum absolute atomic E-state index is 12.4. The zero-order valence-electron chi connectivity index (χ0n) is 13.0. The van der Waals surface area contributed by atoms with E-state index in [0.29, 0.717) is 12.0 Å². The SMILES string of the molecule is CN(C(N)=NCCOc1ccc(S(=O)(=O)C(F)(F)F)cc1)C1CC1. The summed E-state index contributed by atoms with van der Waals surface area (Å²) in [6.07, 6.45) is 2.19. The summed E-state index contributed by atoms with van der Waals surface area (Å²) in [6.45, 7) is 0.454. The molecule has 2 N–H and O–H groups in total. The minimum Gasteiger partial charge on any atom is -0.492 e. The van der Waals surface area contributed by atoms with Gasteiger partial charge in [0.15, 0.2) is 5.96 Å². The third-order valence-corrected chi connectivity index (χ3v) is 5.03. The first-order valence-electron chi connectivity index (χ1n) is 7.20. The summed E-state index contributed by atoms with van der Waals surface area (Å²) >= 11 is 0. The predicted molar refractivity (Wildman–Crippen MR) is 82.5 cm³/mol. The molecule has 0 heterocycles. The number of halogens is 3. The van der Waals surface area contributed by atoms with Crippen molar-refractivity contribution in [3.8, 4) is 5.75 Å². The molecule has 1 aromatic rings. The van der Waals surface area contributed by atoms with Gasteiger partial charge in [-0.3, -0.25) is 0 Å². The lowest BCUT2D eigenvalue weighted by Gasteiger charge is -2.16. The van der Waals surface area contributed by atoms with Crippen molar-refractivity contribution < 1.29 is 26.3 Å². The topological polar surface area (TPSA) is 85.0 Å². The molecule has 24 heavy (non-hydrogen) atoms. The van der Waals surface area contributed by atoms with Crippen LogP contribution in [0.5, 0.6) is 5.75 Å². The number of rotatable bonds is 6. The van der Waals surface area contributed by atoms with Crippen molar-refractivity contribution in [2.45, 2.75) is 29.3 Å². The van der Waals surface area contributed by atoms with E-state index >= 15 is 0 Å². The van der Waals surface area contributed by atoms with Gasteiger partial charge >= 0.3 is 5.51 Å². The van der Waals surface area contributed by atoms with Gasteiger partial charge in [-0.15, -0.1) is 0 Å². The fourth-order valence-corrected chi connectivity index (χ4v) is 2.69. The molecule has 134 valence electrons. The average Bonchev–Trinajstić information content (AvgIpc) is 3.34.